The maximum absolute atomic E-state index is 12.0. The maximum atomic E-state index is 12.0. The number of aryl methyl sites for hydroxylation is 1. The first-order valence-corrected chi connectivity index (χ1v) is 8.51. The first kappa shape index (κ1) is 14.1. The van der Waals surface area contributed by atoms with Gasteiger partial charge in [0.05, 0.1) is 17.7 Å². The van der Waals surface area contributed by atoms with Gasteiger partial charge < -0.3 is 8.98 Å². The van der Waals surface area contributed by atoms with Gasteiger partial charge in [-0.1, -0.05) is 6.07 Å². The Morgan fingerprint density at radius 1 is 1.38 bits per heavy atom. The summed E-state index contributed by atoms with van der Waals surface area (Å²) in [5, 5.41) is 1.96. The van der Waals surface area contributed by atoms with Crippen LogP contribution in [0.25, 0.3) is 10.6 Å². The van der Waals surface area contributed by atoms with Crippen LogP contribution in [-0.4, -0.2) is 18.0 Å². The molecule has 1 N–H and O–H groups in total. The molecule has 0 spiro atoms. The molecule has 0 aliphatic rings. The molecule has 0 fully saturated rings. The van der Waals surface area contributed by atoms with Gasteiger partial charge in [-0.25, -0.2) is 18.1 Å². The smallest absolute Gasteiger partial charge is 0.259 e. The van der Waals surface area contributed by atoms with Crippen LogP contribution in [0.2, 0.25) is 0 Å². The second-order valence-corrected chi connectivity index (χ2v) is 7.11. The van der Waals surface area contributed by atoms with Crippen LogP contribution in [0.3, 0.4) is 0 Å². The zero-order chi connectivity index (χ0) is 14.9. The van der Waals surface area contributed by atoms with Crippen LogP contribution in [0.15, 0.2) is 51.6 Å². The van der Waals surface area contributed by atoms with E-state index in [1.54, 1.807) is 29.0 Å². The molecule has 0 saturated carbocycles. The van der Waals surface area contributed by atoms with Crippen LogP contribution in [-0.2, 0) is 23.6 Å². The Balaban J connectivity index is 1.71. The molecular formula is C13H13N3O3S2. The molecule has 0 aliphatic heterocycles. The summed E-state index contributed by atoms with van der Waals surface area (Å²) in [6.45, 7) is 0.0876. The van der Waals surface area contributed by atoms with Gasteiger partial charge in [-0.05, 0) is 23.6 Å². The lowest BCUT2D eigenvalue weighted by Crippen LogP contribution is -2.23. The van der Waals surface area contributed by atoms with E-state index in [9.17, 15) is 8.42 Å². The number of nitrogens with one attached hydrogen (secondary N) is 1. The van der Waals surface area contributed by atoms with Crippen molar-refractivity contribution in [2.24, 2.45) is 7.05 Å². The predicted octanol–water partition coefficient (Wildman–Crippen LogP) is 2.22. The van der Waals surface area contributed by atoms with Gasteiger partial charge in [0, 0.05) is 13.2 Å². The molecule has 0 radical (unpaired) electrons. The third kappa shape index (κ3) is 3.07. The Kier molecular flexibility index (Phi) is 3.66. The Morgan fingerprint density at radius 2 is 2.24 bits per heavy atom. The highest BCUT2D eigenvalue weighted by atomic mass is 32.2. The molecule has 0 amide bonds. The molecule has 3 heterocycles. The highest BCUT2D eigenvalue weighted by Crippen LogP contribution is 2.26. The number of hydrogen-bond donors (Lipinski definition) is 1. The standard InChI is InChI=1S/C13H13N3O3S2/c1-16-8-13(14-9-16)21(17,18)15-7-10-4-5-11(19-10)12-3-2-6-20-12/h2-6,8-9,15H,7H2,1H3. The average molecular weight is 323 g/mol. The van der Waals surface area contributed by atoms with Crippen molar-refractivity contribution >= 4 is 21.4 Å². The van der Waals surface area contributed by atoms with E-state index in [1.165, 1.54) is 12.5 Å². The van der Waals surface area contributed by atoms with Crippen molar-refractivity contribution in [2.45, 2.75) is 11.6 Å². The van der Waals surface area contributed by atoms with E-state index in [0.29, 0.717) is 5.76 Å². The SMILES string of the molecule is Cn1cnc(S(=O)(=O)NCc2ccc(-c3cccs3)o2)c1. The largest absolute Gasteiger partial charge is 0.459 e. The number of imidazole rings is 1. The topological polar surface area (TPSA) is 77.1 Å². The molecule has 8 heteroatoms. The maximum Gasteiger partial charge on any atom is 0.259 e. The van der Waals surface area contributed by atoms with Gasteiger partial charge in [-0.2, -0.15) is 0 Å². The molecule has 110 valence electrons. The number of aromatic nitrogens is 2. The third-order valence-corrected chi connectivity index (χ3v) is 4.99. The summed E-state index contributed by atoms with van der Waals surface area (Å²) in [6.07, 6.45) is 2.89. The van der Waals surface area contributed by atoms with E-state index < -0.39 is 10.0 Å². The van der Waals surface area contributed by atoms with Gasteiger partial charge in [0.25, 0.3) is 10.0 Å². The van der Waals surface area contributed by atoms with E-state index in [-0.39, 0.29) is 11.6 Å². The summed E-state index contributed by atoms with van der Waals surface area (Å²) in [6, 6.07) is 7.48. The number of furan rings is 1. The van der Waals surface area contributed by atoms with Crippen molar-refractivity contribution < 1.29 is 12.8 Å². The summed E-state index contributed by atoms with van der Waals surface area (Å²) in [5.41, 5.74) is 0. The number of thiophene rings is 1. The van der Waals surface area contributed by atoms with Gasteiger partial charge in [0.15, 0.2) is 5.03 Å². The molecule has 0 bridgehead atoms. The number of hydrogen-bond acceptors (Lipinski definition) is 5. The second-order valence-electron chi connectivity index (χ2n) is 4.45. The van der Waals surface area contributed by atoms with Crippen LogP contribution in [0.4, 0.5) is 0 Å². The molecule has 3 aromatic heterocycles. The minimum absolute atomic E-state index is 0.00460. The van der Waals surface area contributed by atoms with Crippen molar-refractivity contribution in [1.29, 1.82) is 0 Å². The first-order valence-electron chi connectivity index (χ1n) is 6.15. The molecule has 0 saturated heterocycles. The molecule has 3 rings (SSSR count). The monoisotopic (exact) mass is 323 g/mol. The van der Waals surface area contributed by atoms with Crippen molar-refractivity contribution in [3.8, 4) is 10.6 Å². The van der Waals surface area contributed by atoms with Crippen molar-refractivity contribution in [3.05, 3.63) is 47.9 Å². The van der Waals surface area contributed by atoms with Crippen LogP contribution >= 0.6 is 11.3 Å². The summed E-state index contributed by atoms with van der Waals surface area (Å²) >= 11 is 1.57. The average Bonchev–Trinajstić information content (AvgIpc) is 3.17. The fraction of sp³-hybridized carbons (Fsp3) is 0.154. The van der Waals surface area contributed by atoms with Crippen LogP contribution in [0.1, 0.15) is 5.76 Å². The zero-order valence-corrected chi connectivity index (χ0v) is 12.8. The van der Waals surface area contributed by atoms with E-state index in [4.69, 9.17) is 4.42 Å². The van der Waals surface area contributed by atoms with Gasteiger partial charge in [-0.15, -0.1) is 11.3 Å². The number of rotatable bonds is 5. The van der Waals surface area contributed by atoms with Gasteiger partial charge in [0.1, 0.15) is 11.5 Å². The van der Waals surface area contributed by atoms with Gasteiger partial charge >= 0.3 is 0 Å². The molecular weight excluding hydrogens is 310 g/mol. The van der Waals surface area contributed by atoms with E-state index in [1.807, 2.05) is 23.6 Å². The summed E-state index contributed by atoms with van der Waals surface area (Å²) in [7, 11) is -1.91. The van der Waals surface area contributed by atoms with Crippen LogP contribution < -0.4 is 4.72 Å². The minimum Gasteiger partial charge on any atom is -0.459 e. The Labute approximate surface area is 126 Å². The lowest BCUT2D eigenvalue weighted by Gasteiger charge is -2.01. The lowest BCUT2D eigenvalue weighted by atomic mass is 10.3. The Hall–Kier alpha value is -1.90. The van der Waals surface area contributed by atoms with E-state index in [2.05, 4.69) is 9.71 Å². The van der Waals surface area contributed by atoms with E-state index >= 15 is 0 Å². The quantitative estimate of drug-likeness (QED) is 0.781. The fourth-order valence-corrected chi connectivity index (χ4v) is 3.45. The molecule has 0 aromatic carbocycles. The van der Waals surface area contributed by atoms with Crippen molar-refractivity contribution in [2.75, 3.05) is 0 Å². The van der Waals surface area contributed by atoms with Crippen LogP contribution in [0, 0.1) is 0 Å². The van der Waals surface area contributed by atoms with Crippen molar-refractivity contribution in [1.82, 2.24) is 14.3 Å². The zero-order valence-electron chi connectivity index (χ0n) is 11.2. The predicted molar refractivity (Wildman–Crippen MR) is 79.3 cm³/mol. The molecule has 21 heavy (non-hydrogen) atoms. The van der Waals surface area contributed by atoms with Gasteiger partial charge in [0.2, 0.25) is 0 Å². The first-order chi connectivity index (χ1) is 10.0. The van der Waals surface area contributed by atoms with Crippen molar-refractivity contribution in [3.63, 3.8) is 0 Å². The lowest BCUT2D eigenvalue weighted by molar-refractivity contribution is 0.510. The highest BCUT2D eigenvalue weighted by Gasteiger charge is 2.17. The molecule has 0 unspecified atom stereocenters. The molecule has 3 aromatic rings. The summed E-state index contributed by atoms with van der Waals surface area (Å²) < 4.78 is 33.7. The molecule has 6 nitrogen and oxygen atoms in total. The number of nitrogens with zero attached hydrogens (tertiary/aromatic N) is 2. The van der Waals surface area contributed by atoms with Gasteiger partial charge in [-0.3, -0.25) is 0 Å². The summed E-state index contributed by atoms with van der Waals surface area (Å²) in [5.74, 6) is 1.29. The normalized spacial score (nSPS) is 11.9. The Bertz CT molecular complexity index is 832. The van der Waals surface area contributed by atoms with Crippen LogP contribution in [0.5, 0.6) is 0 Å². The molecule has 0 aliphatic carbocycles. The van der Waals surface area contributed by atoms with E-state index in [0.717, 1.165) is 10.6 Å². The minimum atomic E-state index is -3.62. The fourth-order valence-electron chi connectivity index (χ4n) is 1.79. The highest BCUT2D eigenvalue weighted by molar-refractivity contribution is 7.89. The molecule has 0 atom stereocenters. The summed E-state index contributed by atoms with van der Waals surface area (Å²) in [4.78, 5) is 4.84. The third-order valence-electron chi connectivity index (χ3n) is 2.82. The number of sulfonamides is 1. The second kappa shape index (κ2) is 5.47. The Morgan fingerprint density at radius 3 is 2.90 bits per heavy atom.